The lowest BCUT2D eigenvalue weighted by atomic mass is 9.82. The molecule has 0 spiro atoms. The van der Waals surface area contributed by atoms with E-state index in [1.54, 1.807) is 12.1 Å². The third-order valence-electron chi connectivity index (χ3n) is 4.97. The van der Waals surface area contributed by atoms with E-state index in [0.717, 1.165) is 57.4 Å². The van der Waals surface area contributed by atoms with Crippen molar-refractivity contribution in [3.63, 3.8) is 0 Å². The molecule has 1 saturated heterocycles. The number of fused-ring (bicyclic) bond motifs is 1. The molecule has 116 valence electrons. The first-order valence-electron chi connectivity index (χ1n) is 7.93. The Morgan fingerprint density at radius 3 is 3.10 bits per heavy atom. The molecule has 4 heteroatoms. The summed E-state index contributed by atoms with van der Waals surface area (Å²) in [6.45, 7) is 2.57. The third kappa shape index (κ3) is 3.28. The molecule has 0 amide bonds. The molecule has 1 aliphatic heterocycles. The van der Waals surface area contributed by atoms with Crippen LogP contribution in [-0.4, -0.2) is 31.5 Å². The molecule has 0 bridgehead atoms. The van der Waals surface area contributed by atoms with E-state index in [4.69, 9.17) is 4.74 Å². The minimum atomic E-state index is -0.143. The summed E-state index contributed by atoms with van der Waals surface area (Å²) in [5.74, 6) is -0.143. The summed E-state index contributed by atoms with van der Waals surface area (Å²) in [7, 11) is 0. The van der Waals surface area contributed by atoms with Gasteiger partial charge in [0, 0.05) is 31.2 Å². The van der Waals surface area contributed by atoms with Gasteiger partial charge >= 0.3 is 0 Å². The van der Waals surface area contributed by atoms with E-state index in [1.165, 1.54) is 5.56 Å². The lowest BCUT2D eigenvalue weighted by molar-refractivity contribution is 0.121. The molecule has 0 saturated carbocycles. The molecule has 2 atom stereocenters. The number of aliphatic hydroxyl groups is 1. The van der Waals surface area contributed by atoms with Crippen LogP contribution in [0.3, 0.4) is 0 Å². The standard InChI is InChI=1S/C17H24FNO2/c18-14-4-5-15-13(10-14)2-1-3-16(15)19-11-17(6-8-20)7-9-21-12-17/h4-5,10,16,19-20H,1-3,6-9,11-12H2/t16-,17-/m0/s1. The third-order valence-corrected chi connectivity index (χ3v) is 4.97. The zero-order chi connectivity index (χ0) is 14.7. The molecule has 2 aliphatic rings. The SMILES string of the molecule is OCC[C@@]1(CN[C@H]2CCCc3cc(F)ccc32)CCOC1. The number of aliphatic hydroxyl groups excluding tert-OH is 1. The number of nitrogens with one attached hydrogen (secondary N) is 1. The molecule has 1 aromatic rings. The molecule has 1 fully saturated rings. The molecule has 2 N–H and O–H groups in total. The summed E-state index contributed by atoms with van der Waals surface area (Å²) < 4.78 is 18.9. The van der Waals surface area contributed by atoms with E-state index in [2.05, 4.69) is 5.32 Å². The lowest BCUT2D eigenvalue weighted by Crippen LogP contribution is -2.38. The Bertz CT molecular complexity index is 486. The highest BCUT2D eigenvalue weighted by Crippen LogP contribution is 2.35. The average molecular weight is 293 g/mol. The van der Waals surface area contributed by atoms with E-state index in [1.807, 2.05) is 6.07 Å². The maximum absolute atomic E-state index is 13.3. The van der Waals surface area contributed by atoms with Crippen LogP contribution in [0, 0.1) is 11.2 Å². The van der Waals surface area contributed by atoms with Crippen molar-refractivity contribution in [3.8, 4) is 0 Å². The van der Waals surface area contributed by atoms with E-state index in [-0.39, 0.29) is 17.8 Å². The Hall–Kier alpha value is -0.970. The largest absolute Gasteiger partial charge is 0.396 e. The van der Waals surface area contributed by atoms with Gasteiger partial charge in [-0.1, -0.05) is 6.07 Å². The van der Waals surface area contributed by atoms with Crippen molar-refractivity contribution in [1.82, 2.24) is 5.32 Å². The van der Waals surface area contributed by atoms with Crippen molar-refractivity contribution in [1.29, 1.82) is 0 Å². The highest BCUT2D eigenvalue weighted by molar-refractivity contribution is 5.32. The minimum Gasteiger partial charge on any atom is -0.396 e. The molecule has 3 rings (SSSR count). The number of rotatable bonds is 5. The highest BCUT2D eigenvalue weighted by atomic mass is 19.1. The van der Waals surface area contributed by atoms with Crippen LogP contribution >= 0.6 is 0 Å². The Kier molecular flexibility index (Phi) is 4.57. The van der Waals surface area contributed by atoms with Crippen molar-refractivity contribution in [2.24, 2.45) is 5.41 Å². The first-order chi connectivity index (χ1) is 10.2. The fraction of sp³-hybridized carbons (Fsp3) is 0.647. The molecule has 1 aliphatic carbocycles. The zero-order valence-electron chi connectivity index (χ0n) is 12.4. The van der Waals surface area contributed by atoms with Gasteiger partial charge in [-0.2, -0.15) is 0 Å². The van der Waals surface area contributed by atoms with Crippen molar-refractivity contribution < 1.29 is 14.2 Å². The van der Waals surface area contributed by atoms with Crippen LogP contribution in [-0.2, 0) is 11.2 Å². The van der Waals surface area contributed by atoms with Gasteiger partial charge in [0.2, 0.25) is 0 Å². The molecule has 1 heterocycles. The van der Waals surface area contributed by atoms with Gasteiger partial charge in [0.15, 0.2) is 0 Å². The van der Waals surface area contributed by atoms with E-state index >= 15 is 0 Å². The zero-order valence-corrected chi connectivity index (χ0v) is 12.4. The monoisotopic (exact) mass is 293 g/mol. The maximum atomic E-state index is 13.3. The quantitative estimate of drug-likeness (QED) is 0.877. The van der Waals surface area contributed by atoms with Crippen LogP contribution < -0.4 is 5.32 Å². The summed E-state index contributed by atoms with van der Waals surface area (Å²) in [4.78, 5) is 0. The summed E-state index contributed by atoms with van der Waals surface area (Å²) in [6.07, 6.45) is 4.94. The molecular formula is C17H24FNO2. The van der Waals surface area contributed by atoms with E-state index in [0.29, 0.717) is 6.04 Å². The second-order valence-electron chi connectivity index (χ2n) is 6.45. The Balaban J connectivity index is 1.69. The number of ether oxygens (including phenoxy) is 1. The smallest absolute Gasteiger partial charge is 0.123 e. The van der Waals surface area contributed by atoms with E-state index in [9.17, 15) is 9.50 Å². The molecule has 3 nitrogen and oxygen atoms in total. The summed E-state index contributed by atoms with van der Waals surface area (Å²) >= 11 is 0. The van der Waals surface area contributed by atoms with Crippen LogP contribution in [0.15, 0.2) is 18.2 Å². The first kappa shape index (κ1) is 14.9. The van der Waals surface area contributed by atoms with Gasteiger partial charge in [-0.25, -0.2) is 4.39 Å². The summed E-state index contributed by atoms with van der Waals surface area (Å²) in [6, 6.07) is 5.45. The van der Waals surface area contributed by atoms with Gasteiger partial charge in [0.25, 0.3) is 0 Å². The molecule has 0 radical (unpaired) electrons. The van der Waals surface area contributed by atoms with Crippen LogP contribution in [0.1, 0.15) is 42.9 Å². The van der Waals surface area contributed by atoms with Crippen LogP contribution in [0.25, 0.3) is 0 Å². The number of aryl methyl sites for hydroxylation is 1. The van der Waals surface area contributed by atoms with Gasteiger partial charge in [0.1, 0.15) is 5.82 Å². The molecule has 0 aromatic heterocycles. The van der Waals surface area contributed by atoms with Gasteiger partial charge in [-0.3, -0.25) is 0 Å². The molecule has 21 heavy (non-hydrogen) atoms. The predicted octanol–water partition coefficient (Wildman–Crippen LogP) is 2.58. The van der Waals surface area contributed by atoms with Gasteiger partial charge in [-0.15, -0.1) is 0 Å². The first-order valence-corrected chi connectivity index (χ1v) is 7.93. The van der Waals surface area contributed by atoms with Crippen molar-refractivity contribution in [3.05, 3.63) is 35.1 Å². The average Bonchev–Trinajstić information content (AvgIpc) is 2.94. The fourth-order valence-corrected chi connectivity index (χ4v) is 3.65. The van der Waals surface area contributed by atoms with Crippen LogP contribution in [0.2, 0.25) is 0 Å². The normalized spacial score (nSPS) is 28.6. The Morgan fingerprint density at radius 2 is 2.33 bits per heavy atom. The Labute approximate surface area is 125 Å². The fourth-order valence-electron chi connectivity index (χ4n) is 3.65. The van der Waals surface area contributed by atoms with Gasteiger partial charge in [-0.05, 0) is 55.4 Å². The highest BCUT2D eigenvalue weighted by Gasteiger charge is 2.35. The van der Waals surface area contributed by atoms with Crippen LogP contribution in [0.5, 0.6) is 0 Å². The Morgan fingerprint density at radius 1 is 1.43 bits per heavy atom. The van der Waals surface area contributed by atoms with Crippen molar-refractivity contribution >= 4 is 0 Å². The second-order valence-corrected chi connectivity index (χ2v) is 6.45. The summed E-state index contributed by atoms with van der Waals surface area (Å²) in [5, 5.41) is 12.9. The molecule has 0 unspecified atom stereocenters. The summed E-state index contributed by atoms with van der Waals surface area (Å²) in [5.41, 5.74) is 2.44. The maximum Gasteiger partial charge on any atom is 0.123 e. The van der Waals surface area contributed by atoms with Crippen molar-refractivity contribution in [2.45, 2.75) is 38.1 Å². The second kappa shape index (κ2) is 6.42. The van der Waals surface area contributed by atoms with Gasteiger partial charge < -0.3 is 15.2 Å². The number of benzene rings is 1. The number of hydrogen-bond acceptors (Lipinski definition) is 3. The number of hydrogen-bond donors (Lipinski definition) is 2. The van der Waals surface area contributed by atoms with Crippen LogP contribution in [0.4, 0.5) is 4.39 Å². The van der Waals surface area contributed by atoms with Crippen molar-refractivity contribution in [2.75, 3.05) is 26.4 Å². The number of halogens is 1. The minimum absolute atomic E-state index is 0.0619. The predicted molar refractivity (Wildman–Crippen MR) is 79.7 cm³/mol. The molecular weight excluding hydrogens is 269 g/mol. The topological polar surface area (TPSA) is 41.5 Å². The molecule has 1 aromatic carbocycles. The van der Waals surface area contributed by atoms with Gasteiger partial charge in [0.05, 0.1) is 6.61 Å². The lowest BCUT2D eigenvalue weighted by Gasteiger charge is -2.32. The van der Waals surface area contributed by atoms with E-state index < -0.39 is 0 Å².